The van der Waals surface area contributed by atoms with E-state index in [9.17, 15) is 9.59 Å². The normalized spacial score (nSPS) is 19.9. The predicted molar refractivity (Wildman–Crippen MR) is 124 cm³/mol. The second-order valence-electron chi connectivity index (χ2n) is 9.38. The highest BCUT2D eigenvalue weighted by molar-refractivity contribution is 6.04. The molecule has 1 aromatic carbocycles. The van der Waals surface area contributed by atoms with Crippen molar-refractivity contribution in [2.75, 3.05) is 20.8 Å². The molecule has 0 amide bonds. The molecule has 0 saturated carbocycles. The van der Waals surface area contributed by atoms with E-state index in [1.807, 2.05) is 25.1 Å². The molecule has 1 heterocycles. The van der Waals surface area contributed by atoms with E-state index in [-0.39, 0.29) is 11.2 Å². The third-order valence-corrected chi connectivity index (χ3v) is 6.19. The molecule has 0 unspecified atom stereocenters. The van der Waals surface area contributed by atoms with Crippen LogP contribution in [0.1, 0.15) is 71.3 Å². The maximum absolute atomic E-state index is 13.4. The van der Waals surface area contributed by atoms with Crippen molar-refractivity contribution < 1.29 is 23.8 Å². The van der Waals surface area contributed by atoms with Gasteiger partial charge in [0.15, 0.2) is 5.78 Å². The van der Waals surface area contributed by atoms with Gasteiger partial charge in [0.2, 0.25) is 0 Å². The quantitative estimate of drug-likeness (QED) is 0.450. The molecule has 6 nitrogen and oxygen atoms in total. The molecule has 0 saturated heterocycles. The summed E-state index contributed by atoms with van der Waals surface area (Å²) in [6.45, 7) is 8.52. The Morgan fingerprint density at radius 2 is 1.91 bits per heavy atom. The van der Waals surface area contributed by atoms with E-state index in [2.05, 4.69) is 26.1 Å². The van der Waals surface area contributed by atoms with Crippen molar-refractivity contribution >= 4 is 11.8 Å². The van der Waals surface area contributed by atoms with Gasteiger partial charge in [-0.2, -0.15) is 0 Å². The van der Waals surface area contributed by atoms with Gasteiger partial charge in [0, 0.05) is 29.0 Å². The van der Waals surface area contributed by atoms with Crippen molar-refractivity contribution in [3.63, 3.8) is 0 Å². The molecule has 0 fully saturated rings. The van der Waals surface area contributed by atoms with Crippen LogP contribution in [0.4, 0.5) is 0 Å². The van der Waals surface area contributed by atoms with Crippen LogP contribution in [-0.2, 0) is 14.3 Å². The van der Waals surface area contributed by atoms with Crippen molar-refractivity contribution in [3.05, 3.63) is 46.3 Å². The second-order valence-corrected chi connectivity index (χ2v) is 9.38. The molecule has 3 rings (SSSR count). The van der Waals surface area contributed by atoms with Crippen LogP contribution in [0.2, 0.25) is 0 Å². The van der Waals surface area contributed by atoms with Crippen molar-refractivity contribution in [1.29, 1.82) is 0 Å². The zero-order valence-electron chi connectivity index (χ0n) is 20.1. The molecule has 1 N–H and O–H groups in total. The van der Waals surface area contributed by atoms with Crippen molar-refractivity contribution in [1.82, 2.24) is 5.32 Å². The maximum atomic E-state index is 13.4. The molecule has 2 aliphatic rings. The first-order valence-electron chi connectivity index (χ1n) is 11.4. The Morgan fingerprint density at radius 3 is 2.56 bits per heavy atom. The van der Waals surface area contributed by atoms with Crippen molar-refractivity contribution in [2.45, 2.75) is 65.7 Å². The molecule has 0 bridgehead atoms. The average molecular weight is 442 g/mol. The third kappa shape index (κ3) is 4.84. The van der Waals surface area contributed by atoms with Gasteiger partial charge in [-0.15, -0.1) is 0 Å². The zero-order valence-corrected chi connectivity index (χ0v) is 20.1. The molecule has 1 atom stereocenters. The topological polar surface area (TPSA) is 73.9 Å². The number of Topliss-reactive ketones (excluding diaryl/α,β-unsaturated/α-hetero) is 1. The Kier molecular flexibility index (Phi) is 7.32. The number of hydrogen-bond donors (Lipinski definition) is 1. The Labute approximate surface area is 191 Å². The smallest absolute Gasteiger partial charge is 0.336 e. The predicted octanol–water partition coefficient (Wildman–Crippen LogP) is 5.04. The summed E-state index contributed by atoms with van der Waals surface area (Å²) in [4.78, 5) is 26.7. The number of allylic oxidation sites excluding steroid dienone is 3. The molecule has 1 aromatic rings. The summed E-state index contributed by atoms with van der Waals surface area (Å²) < 4.78 is 16.7. The van der Waals surface area contributed by atoms with E-state index in [1.54, 1.807) is 14.2 Å². The van der Waals surface area contributed by atoms with Crippen LogP contribution in [0.15, 0.2) is 40.7 Å². The number of carbonyl (C=O) groups excluding carboxylic acids is 2. The fraction of sp³-hybridized carbons (Fsp3) is 0.538. The highest BCUT2D eigenvalue weighted by atomic mass is 16.5. The third-order valence-electron chi connectivity index (χ3n) is 6.19. The minimum atomic E-state index is -0.571. The average Bonchev–Trinajstić information content (AvgIpc) is 2.74. The van der Waals surface area contributed by atoms with Crippen LogP contribution in [0, 0.1) is 5.41 Å². The summed E-state index contributed by atoms with van der Waals surface area (Å²) in [6.07, 6.45) is 4.02. The summed E-state index contributed by atoms with van der Waals surface area (Å²) in [7, 11) is 3.18. The fourth-order valence-corrected chi connectivity index (χ4v) is 4.68. The van der Waals surface area contributed by atoms with Crippen LogP contribution >= 0.6 is 0 Å². The van der Waals surface area contributed by atoms with Gasteiger partial charge in [-0.25, -0.2) is 4.79 Å². The zero-order chi connectivity index (χ0) is 23.5. The number of methoxy groups -OCH3 is 2. The van der Waals surface area contributed by atoms with E-state index >= 15 is 0 Å². The second kappa shape index (κ2) is 9.80. The minimum absolute atomic E-state index is 0.0439. The number of nitrogens with one attached hydrogen (secondary N) is 1. The van der Waals surface area contributed by atoms with E-state index in [1.165, 1.54) is 0 Å². The van der Waals surface area contributed by atoms with Crippen LogP contribution in [0.5, 0.6) is 11.5 Å². The van der Waals surface area contributed by atoms with Crippen molar-refractivity contribution in [3.8, 4) is 11.5 Å². The SMILES string of the molecule is CCCCCOC(=O)C1=C(C)NC2=C(C(=O)CC(C)(C)C2)[C@@H]1c1cc(OC)ccc1OC. The first kappa shape index (κ1) is 23.9. The Balaban J connectivity index is 2.13. The first-order valence-corrected chi connectivity index (χ1v) is 11.4. The fourth-order valence-electron chi connectivity index (χ4n) is 4.68. The van der Waals surface area contributed by atoms with Crippen LogP contribution in [0.25, 0.3) is 0 Å². The summed E-state index contributed by atoms with van der Waals surface area (Å²) in [5.74, 6) is 0.316. The molecule has 32 heavy (non-hydrogen) atoms. The molecule has 1 aliphatic carbocycles. The molecular weight excluding hydrogens is 406 g/mol. The van der Waals surface area contributed by atoms with Gasteiger partial charge in [-0.3, -0.25) is 4.79 Å². The number of ketones is 1. The van der Waals surface area contributed by atoms with E-state index in [0.29, 0.717) is 41.4 Å². The Hall–Kier alpha value is -2.76. The lowest BCUT2D eigenvalue weighted by Gasteiger charge is -2.39. The number of carbonyl (C=O) groups is 2. The number of benzene rings is 1. The summed E-state index contributed by atoms with van der Waals surface area (Å²) in [6, 6.07) is 5.47. The Bertz CT molecular complexity index is 957. The molecule has 0 spiro atoms. The summed E-state index contributed by atoms with van der Waals surface area (Å²) in [5, 5.41) is 3.37. The van der Waals surface area contributed by atoms with E-state index in [4.69, 9.17) is 14.2 Å². The molecule has 6 heteroatoms. The Morgan fingerprint density at radius 1 is 1.16 bits per heavy atom. The molecule has 0 aromatic heterocycles. The first-order chi connectivity index (χ1) is 15.2. The van der Waals surface area contributed by atoms with Gasteiger partial charge in [0.1, 0.15) is 11.5 Å². The number of esters is 1. The number of hydrogen-bond acceptors (Lipinski definition) is 6. The standard InChI is InChI=1S/C26H35NO5/c1-7-8-9-12-32-25(29)22-16(2)27-19-14-26(3,4)15-20(28)24(19)23(22)18-13-17(30-5)10-11-21(18)31-6/h10-11,13,23,27H,7-9,12,14-15H2,1-6H3/t23-/m1/s1. The van der Waals surface area contributed by atoms with Crippen LogP contribution in [0.3, 0.4) is 0 Å². The van der Waals surface area contributed by atoms with E-state index in [0.717, 1.165) is 36.9 Å². The van der Waals surface area contributed by atoms with Gasteiger partial charge in [-0.1, -0.05) is 33.6 Å². The number of rotatable bonds is 8. The van der Waals surface area contributed by atoms with Crippen LogP contribution < -0.4 is 14.8 Å². The summed E-state index contributed by atoms with van der Waals surface area (Å²) >= 11 is 0. The van der Waals surface area contributed by atoms with Gasteiger partial charge < -0.3 is 19.5 Å². The van der Waals surface area contributed by atoms with Crippen LogP contribution in [-0.4, -0.2) is 32.6 Å². The monoisotopic (exact) mass is 441 g/mol. The van der Waals surface area contributed by atoms with Gasteiger partial charge in [0.25, 0.3) is 0 Å². The number of unbranched alkanes of at least 4 members (excludes halogenated alkanes) is 2. The largest absolute Gasteiger partial charge is 0.497 e. The molecule has 1 aliphatic heterocycles. The maximum Gasteiger partial charge on any atom is 0.336 e. The lowest BCUT2D eigenvalue weighted by atomic mass is 9.68. The number of dihydropyridines is 1. The van der Waals surface area contributed by atoms with Gasteiger partial charge in [-0.05, 0) is 43.4 Å². The molecule has 0 radical (unpaired) electrons. The number of ether oxygens (including phenoxy) is 3. The highest BCUT2D eigenvalue weighted by Gasteiger charge is 2.44. The summed E-state index contributed by atoms with van der Waals surface area (Å²) in [5.41, 5.74) is 3.26. The minimum Gasteiger partial charge on any atom is -0.497 e. The van der Waals surface area contributed by atoms with Gasteiger partial charge >= 0.3 is 5.97 Å². The van der Waals surface area contributed by atoms with Gasteiger partial charge in [0.05, 0.1) is 32.3 Å². The van der Waals surface area contributed by atoms with Crippen molar-refractivity contribution in [2.24, 2.45) is 5.41 Å². The highest BCUT2D eigenvalue weighted by Crippen LogP contribution is 2.49. The lowest BCUT2D eigenvalue weighted by molar-refractivity contribution is -0.139. The molecular formula is C26H35NO5. The lowest BCUT2D eigenvalue weighted by Crippen LogP contribution is -2.38. The molecule has 174 valence electrons. The van der Waals surface area contributed by atoms with E-state index < -0.39 is 11.9 Å².